The van der Waals surface area contributed by atoms with Gasteiger partial charge in [0.05, 0.1) is 25.7 Å². The maximum atomic E-state index is 13.0. The highest BCUT2D eigenvalue weighted by Gasteiger charge is 2.19. The number of anilines is 1. The summed E-state index contributed by atoms with van der Waals surface area (Å²) in [6.45, 7) is 2.69. The van der Waals surface area contributed by atoms with Crippen molar-refractivity contribution >= 4 is 48.4 Å². The smallest absolute Gasteiger partial charge is 0.200 e. The van der Waals surface area contributed by atoms with Gasteiger partial charge in [-0.15, -0.1) is 11.3 Å². The highest BCUT2D eigenvalue weighted by Crippen LogP contribution is 2.42. The molecule has 0 atom stereocenters. The summed E-state index contributed by atoms with van der Waals surface area (Å²) in [5.41, 5.74) is 2.60. The molecule has 1 aliphatic rings. The predicted molar refractivity (Wildman–Crippen MR) is 130 cm³/mol. The molecule has 1 aliphatic heterocycles. The summed E-state index contributed by atoms with van der Waals surface area (Å²) in [6, 6.07) is 19.9. The van der Waals surface area contributed by atoms with E-state index in [0.717, 1.165) is 16.9 Å². The SMILES string of the molecule is COc1ccc2sc3c(-c4cccc5c(=O)cc(N6CCOCC6)oc45)cccc3c2c1. The third-order valence-corrected chi connectivity index (χ3v) is 7.28. The fourth-order valence-electron chi connectivity index (χ4n) is 4.43. The first kappa shape index (κ1) is 19.3. The lowest BCUT2D eigenvalue weighted by Gasteiger charge is -2.27. The zero-order valence-electron chi connectivity index (χ0n) is 17.6. The van der Waals surface area contributed by atoms with Gasteiger partial charge in [-0.1, -0.05) is 30.3 Å². The molecule has 0 aliphatic carbocycles. The fraction of sp³-hybridized carbons (Fsp3) is 0.192. The molecule has 0 amide bonds. The largest absolute Gasteiger partial charge is 0.497 e. The Morgan fingerprint density at radius 1 is 0.906 bits per heavy atom. The third kappa shape index (κ3) is 3.06. The van der Waals surface area contributed by atoms with Crippen LogP contribution < -0.4 is 15.1 Å². The van der Waals surface area contributed by atoms with E-state index in [1.807, 2.05) is 24.3 Å². The molecule has 0 spiro atoms. The molecule has 3 aromatic carbocycles. The van der Waals surface area contributed by atoms with Crippen LogP contribution in [0.3, 0.4) is 0 Å². The monoisotopic (exact) mass is 443 g/mol. The van der Waals surface area contributed by atoms with Gasteiger partial charge in [0.25, 0.3) is 0 Å². The Labute approximate surface area is 188 Å². The Balaban J connectivity index is 1.61. The third-order valence-electron chi connectivity index (χ3n) is 6.06. The number of rotatable bonds is 3. The number of hydrogen-bond donors (Lipinski definition) is 0. The summed E-state index contributed by atoms with van der Waals surface area (Å²) in [6.07, 6.45) is 0. The summed E-state index contributed by atoms with van der Waals surface area (Å²) in [4.78, 5) is 15.0. The van der Waals surface area contributed by atoms with Gasteiger partial charge in [0.2, 0.25) is 0 Å². The molecule has 0 unspecified atom stereocenters. The summed E-state index contributed by atoms with van der Waals surface area (Å²) >= 11 is 1.75. The van der Waals surface area contributed by atoms with Crippen molar-refractivity contribution < 1.29 is 13.9 Å². The quantitative estimate of drug-likeness (QED) is 0.359. The van der Waals surface area contributed by atoms with Crippen LogP contribution in [0, 0.1) is 0 Å². The molecule has 6 heteroatoms. The van der Waals surface area contributed by atoms with Crippen LogP contribution in [0.15, 0.2) is 69.9 Å². The first-order valence-electron chi connectivity index (χ1n) is 10.6. The predicted octanol–water partition coefficient (Wildman–Crippen LogP) is 5.67. The van der Waals surface area contributed by atoms with E-state index in [9.17, 15) is 4.79 Å². The van der Waals surface area contributed by atoms with Gasteiger partial charge < -0.3 is 18.8 Å². The molecule has 0 radical (unpaired) electrons. The second kappa shape index (κ2) is 7.65. The summed E-state index contributed by atoms with van der Waals surface area (Å²) in [7, 11) is 1.69. The Bertz CT molecular complexity index is 1530. The maximum absolute atomic E-state index is 13.0. The molecule has 160 valence electrons. The Kier molecular flexibility index (Phi) is 4.63. The molecule has 3 heterocycles. The van der Waals surface area contributed by atoms with Crippen LogP contribution in [0.5, 0.6) is 5.75 Å². The molecule has 2 aromatic heterocycles. The van der Waals surface area contributed by atoms with Gasteiger partial charge in [-0.05, 0) is 24.3 Å². The lowest BCUT2D eigenvalue weighted by molar-refractivity contribution is 0.121. The number of benzene rings is 3. The number of ether oxygens (including phenoxy) is 2. The van der Waals surface area contributed by atoms with Crippen molar-refractivity contribution in [1.29, 1.82) is 0 Å². The van der Waals surface area contributed by atoms with Gasteiger partial charge in [-0.3, -0.25) is 4.79 Å². The summed E-state index contributed by atoms with van der Waals surface area (Å²) in [5.74, 6) is 1.44. The van der Waals surface area contributed by atoms with Crippen molar-refractivity contribution in [2.45, 2.75) is 0 Å². The number of morpholine rings is 1. The van der Waals surface area contributed by atoms with Gasteiger partial charge in [0.15, 0.2) is 11.3 Å². The standard InChI is InChI=1S/C26H21NO4S/c1-29-16-8-9-23-21(14-16)19-6-3-5-18(26(19)32-23)17-4-2-7-20-22(28)15-24(31-25(17)20)27-10-12-30-13-11-27/h2-9,14-15H,10-13H2,1H3. The van der Waals surface area contributed by atoms with E-state index < -0.39 is 0 Å². The first-order chi connectivity index (χ1) is 15.7. The van der Waals surface area contributed by atoms with Crippen LogP contribution >= 0.6 is 11.3 Å². The Hall–Kier alpha value is -3.35. The van der Waals surface area contributed by atoms with Gasteiger partial charge >= 0.3 is 0 Å². The van der Waals surface area contributed by atoms with E-state index >= 15 is 0 Å². The van der Waals surface area contributed by atoms with Crippen molar-refractivity contribution in [3.05, 3.63) is 70.9 Å². The number of hydrogen-bond acceptors (Lipinski definition) is 6. The van der Waals surface area contributed by atoms with Crippen LogP contribution in [0.1, 0.15) is 0 Å². The van der Waals surface area contributed by atoms with Crippen molar-refractivity contribution in [1.82, 2.24) is 0 Å². The zero-order valence-corrected chi connectivity index (χ0v) is 18.4. The van der Waals surface area contributed by atoms with Crippen LogP contribution in [0.25, 0.3) is 42.3 Å². The fourth-order valence-corrected chi connectivity index (χ4v) is 5.64. The first-order valence-corrected chi connectivity index (χ1v) is 11.4. The molecule has 6 rings (SSSR count). The molecule has 0 saturated carbocycles. The average Bonchev–Trinajstić information content (AvgIpc) is 3.22. The lowest BCUT2D eigenvalue weighted by atomic mass is 10.0. The number of fused-ring (bicyclic) bond motifs is 4. The Morgan fingerprint density at radius 2 is 1.69 bits per heavy atom. The van der Waals surface area contributed by atoms with Crippen molar-refractivity contribution in [2.75, 3.05) is 38.3 Å². The molecule has 32 heavy (non-hydrogen) atoms. The van der Waals surface area contributed by atoms with Gasteiger partial charge in [0, 0.05) is 50.5 Å². The van der Waals surface area contributed by atoms with E-state index in [0.29, 0.717) is 43.2 Å². The molecule has 0 bridgehead atoms. The molecular formula is C26H21NO4S. The van der Waals surface area contributed by atoms with E-state index in [4.69, 9.17) is 13.9 Å². The second-order valence-electron chi connectivity index (χ2n) is 7.88. The van der Waals surface area contributed by atoms with Crippen LogP contribution in [-0.2, 0) is 4.74 Å². The molecule has 1 saturated heterocycles. The van der Waals surface area contributed by atoms with Gasteiger partial charge in [-0.2, -0.15) is 0 Å². The minimum absolute atomic E-state index is 0.0251. The summed E-state index contributed by atoms with van der Waals surface area (Å²) < 4.78 is 19.6. The van der Waals surface area contributed by atoms with Crippen LogP contribution in [0.4, 0.5) is 5.88 Å². The van der Waals surface area contributed by atoms with Crippen LogP contribution in [0.2, 0.25) is 0 Å². The normalized spacial score (nSPS) is 14.5. The van der Waals surface area contributed by atoms with Crippen molar-refractivity contribution in [2.24, 2.45) is 0 Å². The van der Waals surface area contributed by atoms with Gasteiger partial charge in [-0.25, -0.2) is 0 Å². The topological polar surface area (TPSA) is 51.9 Å². The minimum atomic E-state index is -0.0251. The van der Waals surface area contributed by atoms with Crippen LogP contribution in [-0.4, -0.2) is 33.4 Å². The molecule has 0 N–H and O–H groups in total. The lowest BCUT2D eigenvalue weighted by Crippen LogP contribution is -2.36. The number of nitrogens with zero attached hydrogens (tertiary/aromatic N) is 1. The number of methoxy groups -OCH3 is 1. The van der Waals surface area contributed by atoms with Crippen molar-refractivity contribution in [3.8, 4) is 16.9 Å². The van der Waals surface area contributed by atoms with Gasteiger partial charge in [0.1, 0.15) is 11.3 Å². The minimum Gasteiger partial charge on any atom is -0.497 e. The highest BCUT2D eigenvalue weighted by atomic mass is 32.1. The number of para-hydroxylation sites is 1. The zero-order chi connectivity index (χ0) is 21.7. The van der Waals surface area contributed by atoms with E-state index in [1.165, 1.54) is 20.2 Å². The molecule has 5 nitrogen and oxygen atoms in total. The highest BCUT2D eigenvalue weighted by molar-refractivity contribution is 7.26. The summed E-state index contributed by atoms with van der Waals surface area (Å²) in [5, 5.41) is 2.94. The average molecular weight is 444 g/mol. The van der Waals surface area contributed by atoms with E-state index in [2.05, 4.69) is 35.2 Å². The molecule has 5 aromatic rings. The maximum Gasteiger partial charge on any atom is 0.200 e. The molecule has 1 fully saturated rings. The van der Waals surface area contributed by atoms with E-state index in [1.54, 1.807) is 24.5 Å². The number of thiophene rings is 1. The Morgan fingerprint density at radius 3 is 2.50 bits per heavy atom. The van der Waals surface area contributed by atoms with E-state index in [-0.39, 0.29) is 5.43 Å². The molecular weight excluding hydrogens is 422 g/mol. The van der Waals surface area contributed by atoms with Crippen molar-refractivity contribution in [3.63, 3.8) is 0 Å². The second-order valence-corrected chi connectivity index (χ2v) is 8.93.